The van der Waals surface area contributed by atoms with E-state index in [1.165, 1.54) is 6.42 Å². The second-order valence-electron chi connectivity index (χ2n) is 9.45. The Morgan fingerprint density at radius 3 is 2.61 bits per heavy atom. The van der Waals surface area contributed by atoms with Gasteiger partial charge in [-0.2, -0.15) is 0 Å². The molecule has 1 saturated heterocycles. The number of fused-ring (bicyclic) bond motifs is 1. The summed E-state index contributed by atoms with van der Waals surface area (Å²) in [7, 11) is 0. The maximum Gasteiger partial charge on any atom is 0.273 e. The maximum atomic E-state index is 13.2. The predicted molar refractivity (Wildman–Crippen MR) is 122 cm³/mol. The largest absolute Gasteiger partial charge is 0.336 e. The average molecular weight is 450 g/mol. The van der Waals surface area contributed by atoms with Crippen LogP contribution in [0.4, 0.5) is 0 Å². The summed E-state index contributed by atoms with van der Waals surface area (Å²) in [5.74, 6) is 0.685. The zero-order valence-electron chi connectivity index (χ0n) is 19.0. The van der Waals surface area contributed by atoms with Crippen molar-refractivity contribution in [3.05, 3.63) is 57.5 Å². The lowest BCUT2D eigenvalue weighted by molar-refractivity contribution is -0.137. The standard InChI is InChI=1S/C25H31N5O3/c31-23-18-12-15-29(24(32)17-8-2-1-3-9-17)16-20(18)27-22(28-23)21-11-5-7-14-30(21)25(33)19-10-4-6-13-26-19/h4,6,10,13,17,21H,1-3,5,7-9,11-12,14-16H2,(H,27,28,31)/t21-/m1/s1. The van der Waals surface area contributed by atoms with E-state index < -0.39 is 0 Å². The van der Waals surface area contributed by atoms with Gasteiger partial charge < -0.3 is 14.8 Å². The molecule has 3 aliphatic rings. The summed E-state index contributed by atoms with van der Waals surface area (Å²) in [6, 6.07) is 5.01. The third kappa shape index (κ3) is 4.43. The Balaban J connectivity index is 1.40. The fraction of sp³-hybridized carbons (Fsp3) is 0.560. The molecular formula is C25H31N5O3. The minimum absolute atomic E-state index is 0.103. The van der Waals surface area contributed by atoms with Crippen LogP contribution in [0, 0.1) is 5.92 Å². The van der Waals surface area contributed by atoms with Crippen molar-refractivity contribution in [1.82, 2.24) is 24.8 Å². The Morgan fingerprint density at radius 1 is 1.00 bits per heavy atom. The van der Waals surface area contributed by atoms with Crippen LogP contribution in [0.25, 0.3) is 0 Å². The summed E-state index contributed by atoms with van der Waals surface area (Å²) in [4.78, 5) is 54.9. The Labute approximate surface area is 193 Å². The number of hydrogen-bond donors (Lipinski definition) is 1. The minimum atomic E-state index is -0.296. The first-order chi connectivity index (χ1) is 16.1. The molecule has 2 fully saturated rings. The Bertz CT molecular complexity index is 1080. The van der Waals surface area contributed by atoms with Crippen molar-refractivity contribution in [2.24, 2.45) is 5.92 Å². The smallest absolute Gasteiger partial charge is 0.273 e. The summed E-state index contributed by atoms with van der Waals surface area (Å²) in [6.07, 6.45) is 10.1. The van der Waals surface area contributed by atoms with Gasteiger partial charge in [-0.15, -0.1) is 0 Å². The highest BCUT2D eigenvalue weighted by Crippen LogP contribution is 2.31. The number of amides is 2. The molecule has 0 unspecified atom stereocenters. The van der Waals surface area contributed by atoms with Crippen LogP contribution in [0.3, 0.4) is 0 Å². The molecule has 1 atom stereocenters. The molecule has 2 aliphatic heterocycles. The first-order valence-electron chi connectivity index (χ1n) is 12.2. The quantitative estimate of drug-likeness (QED) is 0.777. The normalized spacial score (nSPS) is 21.5. The number of carbonyl (C=O) groups is 2. The summed E-state index contributed by atoms with van der Waals surface area (Å²) < 4.78 is 0. The van der Waals surface area contributed by atoms with Crippen LogP contribution in [0.5, 0.6) is 0 Å². The number of rotatable bonds is 3. The first kappa shape index (κ1) is 21.8. The molecule has 2 amide bonds. The van der Waals surface area contributed by atoms with Gasteiger partial charge in [-0.05, 0) is 50.7 Å². The van der Waals surface area contributed by atoms with Gasteiger partial charge in [0.2, 0.25) is 5.91 Å². The van der Waals surface area contributed by atoms with Crippen molar-refractivity contribution < 1.29 is 9.59 Å². The van der Waals surface area contributed by atoms with E-state index in [2.05, 4.69) is 9.97 Å². The molecular weight excluding hydrogens is 418 g/mol. The van der Waals surface area contributed by atoms with Gasteiger partial charge in [-0.1, -0.05) is 25.3 Å². The zero-order chi connectivity index (χ0) is 22.8. The molecule has 8 nitrogen and oxygen atoms in total. The summed E-state index contributed by atoms with van der Waals surface area (Å²) in [5.41, 5.74) is 1.61. The summed E-state index contributed by atoms with van der Waals surface area (Å²) >= 11 is 0. The molecule has 1 aliphatic carbocycles. The second kappa shape index (κ2) is 9.45. The number of nitrogens with one attached hydrogen (secondary N) is 1. The molecule has 0 spiro atoms. The third-order valence-corrected chi connectivity index (χ3v) is 7.32. The van der Waals surface area contributed by atoms with Crippen LogP contribution in [0.1, 0.15) is 85.0 Å². The van der Waals surface area contributed by atoms with Crippen LogP contribution in [0.2, 0.25) is 0 Å². The van der Waals surface area contributed by atoms with Gasteiger partial charge in [-0.25, -0.2) is 4.98 Å². The van der Waals surface area contributed by atoms with E-state index >= 15 is 0 Å². The van der Waals surface area contributed by atoms with Crippen molar-refractivity contribution >= 4 is 11.8 Å². The van der Waals surface area contributed by atoms with Crippen LogP contribution in [0.15, 0.2) is 29.2 Å². The van der Waals surface area contributed by atoms with Crippen LogP contribution >= 0.6 is 0 Å². The van der Waals surface area contributed by atoms with E-state index in [-0.39, 0.29) is 29.3 Å². The topological polar surface area (TPSA) is 99.3 Å². The Kier molecular flexibility index (Phi) is 6.24. The predicted octanol–water partition coefficient (Wildman–Crippen LogP) is 3.00. The van der Waals surface area contributed by atoms with Crippen molar-refractivity contribution in [2.75, 3.05) is 13.1 Å². The van der Waals surface area contributed by atoms with Crippen molar-refractivity contribution in [3.8, 4) is 0 Å². The van der Waals surface area contributed by atoms with Crippen molar-refractivity contribution in [1.29, 1.82) is 0 Å². The highest BCUT2D eigenvalue weighted by atomic mass is 16.2. The molecule has 0 aromatic carbocycles. The number of aromatic nitrogens is 3. The number of aromatic amines is 1. The van der Waals surface area contributed by atoms with E-state index in [4.69, 9.17) is 4.98 Å². The fourth-order valence-electron chi connectivity index (χ4n) is 5.51. The number of carbonyl (C=O) groups excluding carboxylic acids is 2. The van der Waals surface area contributed by atoms with Crippen molar-refractivity contribution in [3.63, 3.8) is 0 Å². The Morgan fingerprint density at radius 2 is 1.82 bits per heavy atom. The fourth-order valence-corrected chi connectivity index (χ4v) is 5.51. The van der Waals surface area contributed by atoms with E-state index in [1.54, 1.807) is 29.3 Å². The Hall–Kier alpha value is -3.03. The lowest BCUT2D eigenvalue weighted by Gasteiger charge is -2.36. The summed E-state index contributed by atoms with van der Waals surface area (Å²) in [6.45, 7) is 1.55. The lowest BCUT2D eigenvalue weighted by atomic mass is 9.88. The molecule has 174 valence electrons. The number of hydrogen-bond acceptors (Lipinski definition) is 5. The second-order valence-corrected chi connectivity index (χ2v) is 9.45. The van der Waals surface area contributed by atoms with Crippen molar-refractivity contribution in [2.45, 2.75) is 70.4 Å². The molecule has 33 heavy (non-hydrogen) atoms. The van der Waals surface area contributed by atoms with E-state index in [1.807, 2.05) is 4.90 Å². The van der Waals surface area contributed by atoms with E-state index in [0.29, 0.717) is 48.8 Å². The van der Waals surface area contributed by atoms with Gasteiger partial charge in [0.25, 0.3) is 11.5 Å². The van der Waals surface area contributed by atoms with Gasteiger partial charge in [0.05, 0.1) is 18.3 Å². The monoisotopic (exact) mass is 449 g/mol. The number of likely N-dealkylation sites (tertiary alicyclic amines) is 1. The van der Waals surface area contributed by atoms with Crippen LogP contribution in [-0.2, 0) is 17.8 Å². The maximum absolute atomic E-state index is 13.2. The average Bonchev–Trinajstić information content (AvgIpc) is 2.88. The lowest BCUT2D eigenvalue weighted by Crippen LogP contribution is -2.44. The number of piperidine rings is 1. The zero-order valence-corrected chi connectivity index (χ0v) is 19.0. The minimum Gasteiger partial charge on any atom is -0.336 e. The molecule has 0 radical (unpaired) electrons. The van der Waals surface area contributed by atoms with Gasteiger partial charge in [0.15, 0.2) is 0 Å². The van der Waals surface area contributed by atoms with E-state index in [0.717, 1.165) is 44.9 Å². The molecule has 2 aromatic rings. The number of pyridine rings is 1. The summed E-state index contributed by atoms with van der Waals surface area (Å²) in [5, 5.41) is 0. The number of nitrogens with zero attached hydrogens (tertiary/aromatic N) is 4. The SMILES string of the molecule is O=C(C1CCCCC1)N1CCc2c(nc([C@H]3CCCCN3C(=O)c3ccccn3)[nH]c2=O)C1. The van der Waals surface area contributed by atoms with Gasteiger partial charge in [0, 0.05) is 30.8 Å². The van der Waals surface area contributed by atoms with Crippen LogP contribution < -0.4 is 5.56 Å². The van der Waals surface area contributed by atoms with E-state index in [9.17, 15) is 14.4 Å². The molecule has 1 saturated carbocycles. The van der Waals surface area contributed by atoms with Gasteiger partial charge >= 0.3 is 0 Å². The number of H-pyrrole nitrogens is 1. The molecule has 8 heteroatoms. The molecule has 5 rings (SSSR count). The molecule has 1 N–H and O–H groups in total. The third-order valence-electron chi connectivity index (χ3n) is 7.32. The molecule has 4 heterocycles. The first-order valence-corrected chi connectivity index (χ1v) is 12.2. The van der Waals surface area contributed by atoms with Crippen LogP contribution in [-0.4, -0.2) is 49.7 Å². The van der Waals surface area contributed by atoms with Gasteiger partial charge in [-0.3, -0.25) is 19.4 Å². The van der Waals surface area contributed by atoms with Gasteiger partial charge in [0.1, 0.15) is 11.5 Å². The highest BCUT2D eigenvalue weighted by molar-refractivity contribution is 5.92. The molecule has 0 bridgehead atoms. The molecule has 2 aromatic heterocycles. The highest BCUT2D eigenvalue weighted by Gasteiger charge is 2.34.